The van der Waals surface area contributed by atoms with E-state index in [2.05, 4.69) is 199 Å². The lowest BCUT2D eigenvalue weighted by molar-refractivity contribution is 0.436. The van der Waals surface area contributed by atoms with Crippen molar-refractivity contribution in [2.75, 3.05) is 0 Å². The number of rotatable bonds is 5. The highest BCUT2D eigenvalue weighted by Crippen LogP contribution is 2.63. The molecule has 0 unspecified atom stereocenters. The van der Waals surface area contributed by atoms with E-state index in [9.17, 15) is 0 Å². The van der Waals surface area contributed by atoms with Crippen LogP contribution in [0.5, 0.6) is 11.5 Å². The Balaban J connectivity index is 0.998. The fourth-order valence-corrected chi connectivity index (χ4v) is 12.6. The van der Waals surface area contributed by atoms with Crippen molar-refractivity contribution in [3.63, 3.8) is 0 Å². The first-order valence-corrected chi connectivity index (χ1v) is 24.5. The zero-order valence-electron chi connectivity index (χ0n) is 37.5. The molecule has 0 atom stereocenters. The summed E-state index contributed by atoms with van der Waals surface area (Å²) in [5, 5.41) is 5.05. The standard InChI is InChI=1S/C64H38N4OS/c1-4-17-39(18-5-1)61-65-62(40-19-6-2-7-20-40)67-63(66-61)42-32-34-46-45-33-31-41(35-52(45)64(53(46)36-42)50-25-11-13-28-56(50)69-57-29-14-12-26-51(57)64)44-24-16-27-54-60(44)49-37-48-47-23-10-15-30-58(47)70-59(48)38-55(49)68(54)43-21-8-3-9-22-43/h1-38H. The molecule has 0 saturated carbocycles. The Labute approximate surface area is 407 Å². The molecule has 2 aliphatic rings. The maximum atomic E-state index is 6.83. The Kier molecular flexibility index (Phi) is 8.38. The van der Waals surface area contributed by atoms with Crippen LogP contribution in [0.25, 0.3) is 104 Å². The summed E-state index contributed by atoms with van der Waals surface area (Å²) < 4.78 is 11.9. The number of benzene rings is 10. The van der Waals surface area contributed by atoms with Gasteiger partial charge in [0, 0.05) is 64.4 Å². The number of nitrogens with zero attached hydrogens (tertiary/aromatic N) is 4. The molecule has 0 amide bonds. The minimum Gasteiger partial charge on any atom is -0.457 e. The minimum atomic E-state index is -0.743. The average molecular weight is 911 g/mol. The number of thiophene rings is 1. The summed E-state index contributed by atoms with van der Waals surface area (Å²) in [7, 11) is 0. The first-order chi connectivity index (χ1) is 34.7. The van der Waals surface area contributed by atoms with Gasteiger partial charge in [0.2, 0.25) is 0 Å². The molecule has 0 radical (unpaired) electrons. The lowest BCUT2D eigenvalue weighted by Crippen LogP contribution is -2.32. The predicted octanol–water partition coefficient (Wildman–Crippen LogP) is 16.5. The number of hydrogen-bond acceptors (Lipinski definition) is 5. The van der Waals surface area contributed by atoms with Crippen molar-refractivity contribution in [3.05, 3.63) is 253 Å². The van der Waals surface area contributed by atoms with Crippen molar-refractivity contribution in [2.45, 2.75) is 5.41 Å². The maximum absolute atomic E-state index is 6.83. The second-order valence-electron chi connectivity index (χ2n) is 18.2. The van der Waals surface area contributed by atoms with Gasteiger partial charge in [-0.25, -0.2) is 15.0 Å². The van der Waals surface area contributed by atoms with E-state index < -0.39 is 5.41 Å². The maximum Gasteiger partial charge on any atom is 0.164 e. The highest BCUT2D eigenvalue weighted by molar-refractivity contribution is 7.25. The molecule has 13 aromatic rings. The summed E-state index contributed by atoms with van der Waals surface area (Å²) in [5.41, 5.74) is 14.8. The number of hydrogen-bond donors (Lipinski definition) is 0. The van der Waals surface area contributed by atoms with Crippen LogP contribution in [0.1, 0.15) is 22.3 Å². The smallest absolute Gasteiger partial charge is 0.164 e. The fourth-order valence-electron chi connectivity index (χ4n) is 11.5. The number of fused-ring (bicyclic) bond motifs is 15. The Hall–Kier alpha value is -8.97. The second-order valence-corrected chi connectivity index (χ2v) is 19.3. The number of para-hydroxylation sites is 3. The van der Waals surface area contributed by atoms with Gasteiger partial charge in [0.15, 0.2) is 17.5 Å². The Morgan fingerprint density at radius 3 is 1.59 bits per heavy atom. The molecule has 70 heavy (non-hydrogen) atoms. The van der Waals surface area contributed by atoms with Crippen molar-refractivity contribution in [1.82, 2.24) is 19.5 Å². The highest BCUT2D eigenvalue weighted by atomic mass is 32.1. The largest absolute Gasteiger partial charge is 0.457 e. The molecule has 3 aromatic heterocycles. The SMILES string of the molecule is c1ccc(-c2nc(-c3ccccc3)nc(-c3ccc4c(c3)C3(c5ccccc5Oc5ccccc53)c3cc(-c5cccc6c5c5cc7c(cc5n6-c5ccccc5)sc5ccccc57)ccc3-4)n2)cc1. The molecule has 10 aromatic carbocycles. The lowest BCUT2D eigenvalue weighted by atomic mass is 9.65. The third kappa shape index (κ3) is 5.62. The normalized spacial score (nSPS) is 13.1. The second kappa shape index (κ2) is 15.0. The van der Waals surface area contributed by atoms with E-state index in [0.717, 1.165) is 56.1 Å². The monoisotopic (exact) mass is 910 g/mol. The Bertz CT molecular complexity index is 4170. The van der Waals surface area contributed by atoms with E-state index in [1.807, 2.05) is 47.7 Å². The van der Waals surface area contributed by atoms with Crippen LogP contribution in [0.4, 0.5) is 0 Å². The van der Waals surface area contributed by atoms with E-state index in [0.29, 0.717) is 17.5 Å². The molecule has 0 bridgehead atoms. The van der Waals surface area contributed by atoms with Gasteiger partial charge < -0.3 is 9.30 Å². The fraction of sp³-hybridized carbons (Fsp3) is 0.0156. The van der Waals surface area contributed by atoms with E-state index in [1.54, 1.807) is 0 Å². The van der Waals surface area contributed by atoms with E-state index in [-0.39, 0.29) is 0 Å². The molecule has 1 aliphatic heterocycles. The Morgan fingerprint density at radius 2 is 0.914 bits per heavy atom. The number of ether oxygens (including phenoxy) is 1. The van der Waals surface area contributed by atoms with Gasteiger partial charge in [0.1, 0.15) is 11.5 Å². The van der Waals surface area contributed by atoms with E-state index >= 15 is 0 Å². The molecular formula is C64H38N4OS. The molecule has 15 rings (SSSR count). The zero-order chi connectivity index (χ0) is 45.9. The van der Waals surface area contributed by atoms with Gasteiger partial charge in [-0.15, -0.1) is 11.3 Å². The van der Waals surface area contributed by atoms with Gasteiger partial charge in [-0.3, -0.25) is 0 Å². The van der Waals surface area contributed by atoms with Crippen LogP contribution in [-0.2, 0) is 5.41 Å². The molecule has 0 saturated heterocycles. The van der Waals surface area contributed by atoms with Crippen LogP contribution in [-0.4, -0.2) is 19.5 Å². The van der Waals surface area contributed by atoms with Crippen molar-refractivity contribution in [2.24, 2.45) is 0 Å². The highest BCUT2D eigenvalue weighted by Gasteiger charge is 2.51. The lowest BCUT2D eigenvalue weighted by Gasteiger charge is -2.39. The van der Waals surface area contributed by atoms with Gasteiger partial charge >= 0.3 is 0 Å². The molecule has 6 heteroatoms. The van der Waals surface area contributed by atoms with Crippen molar-refractivity contribution in [1.29, 1.82) is 0 Å². The molecule has 0 N–H and O–H groups in total. The van der Waals surface area contributed by atoms with Crippen LogP contribution < -0.4 is 4.74 Å². The van der Waals surface area contributed by atoms with Crippen LogP contribution in [0.15, 0.2) is 231 Å². The zero-order valence-corrected chi connectivity index (χ0v) is 38.4. The van der Waals surface area contributed by atoms with Gasteiger partial charge in [-0.2, -0.15) is 0 Å². The van der Waals surface area contributed by atoms with Crippen LogP contribution in [0.3, 0.4) is 0 Å². The summed E-state index contributed by atoms with van der Waals surface area (Å²) in [4.78, 5) is 15.5. The van der Waals surface area contributed by atoms with Gasteiger partial charge in [0.25, 0.3) is 0 Å². The first kappa shape index (κ1) is 39.1. The van der Waals surface area contributed by atoms with Crippen LogP contribution in [0, 0.1) is 0 Å². The molecular weight excluding hydrogens is 873 g/mol. The molecule has 4 heterocycles. The number of aromatic nitrogens is 4. The third-order valence-electron chi connectivity index (χ3n) is 14.5. The third-order valence-corrected chi connectivity index (χ3v) is 15.6. The average Bonchev–Trinajstić information content (AvgIpc) is 4.06. The Morgan fingerprint density at radius 1 is 0.357 bits per heavy atom. The first-order valence-electron chi connectivity index (χ1n) is 23.7. The predicted molar refractivity (Wildman–Crippen MR) is 286 cm³/mol. The van der Waals surface area contributed by atoms with Crippen LogP contribution in [0.2, 0.25) is 0 Å². The van der Waals surface area contributed by atoms with Crippen molar-refractivity contribution in [3.8, 4) is 73.6 Å². The van der Waals surface area contributed by atoms with Gasteiger partial charge in [0.05, 0.1) is 16.4 Å². The molecule has 1 spiro atoms. The minimum absolute atomic E-state index is 0.616. The molecule has 5 nitrogen and oxygen atoms in total. The molecule has 1 aliphatic carbocycles. The molecule has 0 fully saturated rings. The van der Waals surface area contributed by atoms with E-state index in [4.69, 9.17) is 19.7 Å². The summed E-state index contributed by atoms with van der Waals surface area (Å²) >= 11 is 1.86. The molecule has 326 valence electrons. The summed E-state index contributed by atoms with van der Waals surface area (Å²) in [6.45, 7) is 0. The summed E-state index contributed by atoms with van der Waals surface area (Å²) in [6, 6.07) is 82.7. The summed E-state index contributed by atoms with van der Waals surface area (Å²) in [6.07, 6.45) is 0. The van der Waals surface area contributed by atoms with Gasteiger partial charge in [-0.1, -0.05) is 170 Å². The van der Waals surface area contributed by atoms with Gasteiger partial charge in [-0.05, 0) is 94.0 Å². The topological polar surface area (TPSA) is 52.8 Å². The van der Waals surface area contributed by atoms with Crippen molar-refractivity contribution < 1.29 is 4.74 Å². The quantitative estimate of drug-likeness (QED) is 0.173. The van der Waals surface area contributed by atoms with Crippen LogP contribution >= 0.6 is 11.3 Å². The van der Waals surface area contributed by atoms with E-state index in [1.165, 1.54) is 64.2 Å². The summed E-state index contributed by atoms with van der Waals surface area (Å²) in [5.74, 6) is 3.56. The van der Waals surface area contributed by atoms with Crippen molar-refractivity contribution >= 4 is 53.3 Å².